The number of nitrogens with one attached hydrogen (secondary N) is 1. The van der Waals surface area contributed by atoms with Crippen LogP contribution in [0.15, 0.2) is 42.5 Å². The van der Waals surface area contributed by atoms with Crippen LogP contribution < -0.4 is 5.32 Å². The lowest BCUT2D eigenvalue weighted by Crippen LogP contribution is -2.38. The van der Waals surface area contributed by atoms with Crippen LogP contribution in [0, 0.1) is 24.5 Å². The number of likely N-dealkylation sites (tertiary alicyclic amines) is 1. The normalized spacial score (nSPS) is 16.0. The van der Waals surface area contributed by atoms with Crippen molar-refractivity contribution in [2.75, 3.05) is 18.4 Å². The fourth-order valence-electron chi connectivity index (χ4n) is 3.22. The zero-order chi connectivity index (χ0) is 17.8. The number of nitrogens with zero attached hydrogens (tertiary/aromatic N) is 1. The first-order valence-corrected chi connectivity index (χ1v) is 8.56. The van der Waals surface area contributed by atoms with E-state index in [0.717, 1.165) is 31.8 Å². The molecule has 0 aromatic heterocycles. The average Bonchev–Trinajstić information content (AvgIpc) is 2.61. The minimum Gasteiger partial charge on any atom is -0.321 e. The Balaban J connectivity index is 1.55. The first-order valence-electron chi connectivity index (χ1n) is 8.56. The van der Waals surface area contributed by atoms with Gasteiger partial charge in [-0.25, -0.2) is 8.78 Å². The molecule has 132 valence electrons. The Bertz CT molecular complexity index is 735. The van der Waals surface area contributed by atoms with E-state index in [1.807, 2.05) is 12.1 Å². The predicted octanol–water partition coefficient (Wildman–Crippen LogP) is 4.12. The van der Waals surface area contributed by atoms with Gasteiger partial charge in [0, 0.05) is 12.5 Å². The highest BCUT2D eigenvalue weighted by molar-refractivity contribution is 5.92. The maximum absolute atomic E-state index is 13.7. The summed E-state index contributed by atoms with van der Waals surface area (Å²) in [6.07, 6.45) is 1.38. The van der Waals surface area contributed by atoms with Crippen LogP contribution in [0.25, 0.3) is 0 Å². The predicted molar refractivity (Wildman–Crippen MR) is 94.2 cm³/mol. The third-order valence-corrected chi connectivity index (χ3v) is 4.82. The Morgan fingerprint density at radius 1 is 1.08 bits per heavy atom. The van der Waals surface area contributed by atoms with E-state index < -0.39 is 11.6 Å². The second kappa shape index (κ2) is 7.74. The number of aryl methyl sites for hydroxylation is 1. The topological polar surface area (TPSA) is 32.3 Å². The molecular weight excluding hydrogens is 322 g/mol. The van der Waals surface area contributed by atoms with Crippen molar-refractivity contribution in [3.8, 4) is 0 Å². The summed E-state index contributed by atoms with van der Waals surface area (Å²) < 4.78 is 27.3. The van der Waals surface area contributed by atoms with Crippen LogP contribution >= 0.6 is 0 Å². The zero-order valence-corrected chi connectivity index (χ0v) is 14.3. The second-order valence-corrected chi connectivity index (χ2v) is 6.56. The van der Waals surface area contributed by atoms with Crippen molar-refractivity contribution in [1.82, 2.24) is 4.90 Å². The Labute approximate surface area is 146 Å². The summed E-state index contributed by atoms with van der Waals surface area (Å²) in [5.74, 6) is -2.01. The molecule has 0 aliphatic carbocycles. The number of benzene rings is 2. The molecule has 0 unspecified atom stereocenters. The van der Waals surface area contributed by atoms with E-state index in [1.54, 1.807) is 0 Å². The van der Waals surface area contributed by atoms with Crippen LogP contribution in [-0.4, -0.2) is 23.9 Å². The number of para-hydroxylation sites is 1. The summed E-state index contributed by atoms with van der Waals surface area (Å²) in [5.41, 5.74) is 2.20. The van der Waals surface area contributed by atoms with Gasteiger partial charge in [0.25, 0.3) is 0 Å². The number of anilines is 1. The van der Waals surface area contributed by atoms with Crippen molar-refractivity contribution in [3.05, 3.63) is 65.2 Å². The standard InChI is InChI=1S/C20H22F2N2O/c1-14-5-2-3-6-16(14)13-24-11-9-15(10-12-24)20(25)23-19-17(21)7-4-8-18(19)22/h2-8,15H,9-13H2,1H3,(H,23,25). The van der Waals surface area contributed by atoms with Gasteiger partial charge >= 0.3 is 0 Å². The minimum absolute atomic E-state index is 0.216. The highest BCUT2D eigenvalue weighted by Gasteiger charge is 2.26. The van der Waals surface area contributed by atoms with Crippen molar-refractivity contribution in [2.24, 2.45) is 5.92 Å². The fraction of sp³-hybridized carbons (Fsp3) is 0.350. The molecule has 1 N–H and O–H groups in total. The molecule has 5 heteroatoms. The molecule has 0 bridgehead atoms. The van der Waals surface area contributed by atoms with Gasteiger partial charge in [-0.15, -0.1) is 0 Å². The molecule has 2 aromatic rings. The van der Waals surface area contributed by atoms with Crippen LogP contribution in [0.4, 0.5) is 14.5 Å². The highest BCUT2D eigenvalue weighted by Crippen LogP contribution is 2.24. The van der Waals surface area contributed by atoms with Crippen LogP contribution in [0.5, 0.6) is 0 Å². The van der Waals surface area contributed by atoms with Gasteiger partial charge in [0.2, 0.25) is 5.91 Å². The molecule has 0 atom stereocenters. The summed E-state index contributed by atoms with van der Waals surface area (Å²) >= 11 is 0. The van der Waals surface area contributed by atoms with Gasteiger partial charge in [-0.2, -0.15) is 0 Å². The largest absolute Gasteiger partial charge is 0.321 e. The lowest BCUT2D eigenvalue weighted by Gasteiger charge is -2.31. The molecule has 1 aliphatic rings. The van der Waals surface area contributed by atoms with Gasteiger partial charge < -0.3 is 5.32 Å². The fourth-order valence-corrected chi connectivity index (χ4v) is 3.22. The van der Waals surface area contributed by atoms with Crippen LogP contribution in [-0.2, 0) is 11.3 Å². The Morgan fingerprint density at radius 2 is 1.72 bits per heavy atom. The van der Waals surface area contributed by atoms with Crippen molar-refractivity contribution >= 4 is 11.6 Å². The highest BCUT2D eigenvalue weighted by atomic mass is 19.1. The van der Waals surface area contributed by atoms with Crippen molar-refractivity contribution in [3.63, 3.8) is 0 Å². The summed E-state index contributed by atoms with van der Waals surface area (Å²) in [7, 11) is 0. The quantitative estimate of drug-likeness (QED) is 0.905. The van der Waals surface area contributed by atoms with Gasteiger partial charge in [0.1, 0.15) is 17.3 Å². The maximum Gasteiger partial charge on any atom is 0.227 e. The summed E-state index contributed by atoms with van der Waals surface area (Å²) in [6.45, 7) is 4.56. The molecule has 1 aliphatic heterocycles. The van der Waals surface area contributed by atoms with Crippen molar-refractivity contribution in [1.29, 1.82) is 0 Å². The van der Waals surface area contributed by atoms with Gasteiger partial charge in [-0.3, -0.25) is 9.69 Å². The Hall–Kier alpha value is -2.27. The summed E-state index contributed by atoms with van der Waals surface area (Å²) in [4.78, 5) is 14.6. The Kier molecular flexibility index (Phi) is 5.43. The smallest absolute Gasteiger partial charge is 0.227 e. The molecule has 0 spiro atoms. The molecule has 3 nitrogen and oxygen atoms in total. The molecule has 2 aromatic carbocycles. The first kappa shape index (κ1) is 17.5. The molecule has 25 heavy (non-hydrogen) atoms. The number of halogens is 2. The second-order valence-electron chi connectivity index (χ2n) is 6.56. The number of carbonyl (C=O) groups is 1. The van der Waals surface area contributed by atoms with Gasteiger partial charge in [0.05, 0.1) is 0 Å². The monoisotopic (exact) mass is 344 g/mol. The molecule has 1 amide bonds. The lowest BCUT2D eigenvalue weighted by atomic mass is 9.95. The zero-order valence-electron chi connectivity index (χ0n) is 14.3. The van der Waals surface area contributed by atoms with E-state index in [9.17, 15) is 13.6 Å². The number of rotatable bonds is 4. The molecule has 1 saturated heterocycles. The van der Waals surface area contributed by atoms with Crippen LogP contribution in [0.1, 0.15) is 24.0 Å². The van der Waals surface area contributed by atoms with E-state index in [1.165, 1.54) is 17.2 Å². The molecule has 0 saturated carbocycles. The number of amides is 1. The van der Waals surface area contributed by atoms with Gasteiger partial charge in [-0.05, 0) is 56.1 Å². The van der Waals surface area contributed by atoms with Gasteiger partial charge in [0.15, 0.2) is 0 Å². The van der Waals surface area contributed by atoms with Gasteiger partial charge in [-0.1, -0.05) is 30.3 Å². The van der Waals surface area contributed by atoms with Crippen LogP contribution in [0.3, 0.4) is 0 Å². The molecule has 1 fully saturated rings. The number of carbonyl (C=O) groups excluding carboxylic acids is 1. The third kappa shape index (κ3) is 4.23. The van der Waals surface area contributed by atoms with E-state index >= 15 is 0 Å². The minimum atomic E-state index is -0.745. The molecule has 0 radical (unpaired) electrons. The molecular formula is C20H22F2N2O. The maximum atomic E-state index is 13.7. The number of hydrogen-bond acceptors (Lipinski definition) is 2. The van der Waals surface area contributed by atoms with Crippen LogP contribution in [0.2, 0.25) is 0 Å². The van der Waals surface area contributed by atoms with Crippen molar-refractivity contribution < 1.29 is 13.6 Å². The van der Waals surface area contributed by atoms with E-state index in [4.69, 9.17) is 0 Å². The average molecular weight is 344 g/mol. The third-order valence-electron chi connectivity index (χ3n) is 4.82. The number of hydrogen-bond donors (Lipinski definition) is 1. The van der Waals surface area contributed by atoms with E-state index in [-0.39, 0.29) is 17.5 Å². The van der Waals surface area contributed by atoms with E-state index in [2.05, 4.69) is 29.3 Å². The molecule has 1 heterocycles. The van der Waals surface area contributed by atoms with E-state index in [0.29, 0.717) is 12.8 Å². The molecule has 3 rings (SSSR count). The summed E-state index contributed by atoms with van der Waals surface area (Å²) in [5, 5.41) is 2.41. The Morgan fingerprint density at radius 3 is 2.36 bits per heavy atom. The first-order chi connectivity index (χ1) is 12.0. The SMILES string of the molecule is Cc1ccccc1CN1CCC(C(=O)Nc2c(F)cccc2F)CC1. The lowest BCUT2D eigenvalue weighted by molar-refractivity contribution is -0.121. The summed E-state index contributed by atoms with van der Waals surface area (Å²) in [6, 6.07) is 11.8. The number of piperidine rings is 1. The van der Waals surface area contributed by atoms with Crippen molar-refractivity contribution in [2.45, 2.75) is 26.3 Å².